The number of hydrogen-bond donors (Lipinski definition) is 0. The van der Waals surface area contributed by atoms with Gasteiger partial charge in [-0.2, -0.15) is 0 Å². The van der Waals surface area contributed by atoms with Crippen LogP contribution in [-0.2, 0) is 6.54 Å². The van der Waals surface area contributed by atoms with E-state index >= 15 is 0 Å². The Kier molecular flexibility index (Phi) is 1.55. The van der Waals surface area contributed by atoms with Gasteiger partial charge in [-0.05, 0) is 36.5 Å². The molecule has 0 N–H and O–H groups in total. The highest BCUT2D eigenvalue weighted by Crippen LogP contribution is 2.44. The Hall–Kier alpha value is -1.38. The molecule has 16 heavy (non-hydrogen) atoms. The lowest BCUT2D eigenvalue weighted by Crippen LogP contribution is -2.53. The molecule has 3 heteroatoms. The van der Waals surface area contributed by atoms with E-state index in [4.69, 9.17) is 0 Å². The molecule has 3 fully saturated rings. The summed E-state index contributed by atoms with van der Waals surface area (Å²) >= 11 is 0. The minimum absolute atomic E-state index is 0.182. The normalized spacial score (nSPS) is 30.1. The molecule has 0 amide bonds. The van der Waals surface area contributed by atoms with Crippen LogP contribution in [0.4, 0.5) is 10.1 Å². The number of nitrogens with zero attached hydrogens (tertiary/aromatic N) is 2. The lowest BCUT2D eigenvalue weighted by molar-refractivity contribution is 0.135. The second-order valence-corrected chi connectivity index (χ2v) is 5.16. The number of amidine groups is 1. The number of hydrogen-bond acceptors (Lipinski definition) is 2. The minimum atomic E-state index is -0.182. The lowest BCUT2D eigenvalue weighted by Gasteiger charge is -2.50. The summed E-state index contributed by atoms with van der Waals surface area (Å²) in [4.78, 5) is 7.03. The van der Waals surface area contributed by atoms with Gasteiger partial charge in [-0.1, -0.05) is 6.07 Å². The van der Waals surface area contributed by atoms with E-state index in [1.54, 1.807) is 6.07 Å². The molecule has 1 saturated carbocycles. The smallest absolute Gasteiger partial charge is 0.125 e. The third-order valence-electron chi connectivity index (χ3n) is 4.05. The molecular weight excluding hydrogens is 203 g/mol. The van der Waals surface area contributed by atoms with Crippen molar-refractivity contribution in [1.82, 2.24) is 4.90 Å². The van der Waals surface area contributed by atoms with Crippen molar-refractivity contribution >= 4 is 11.5 Å². The highest BCUT2D eigenvalue weighted by molar-refractivity contribution is 5.90. The van der Waals surface area contributed by atoms with Crippen molar-refractivity contribution in [2.45, 2.75) is 19.4 Å². The van der Waals surface area contributed by atoms with Crippen LogP contribution in [0, 0.1) is 17.7 Å². The van der Waals surface area contributed by atoms with Crippen molar-refractivity contribution in [3.05, 3.63) is 29.6 Å². The first-order chi connectivity index (χ1) is 7.79. The maximum Gasteiger partial charge on any atom is 0.125 e. The highest BCUT2D eigenvalue weighted by atomic mass is 19.1. The fourth-order valence-corrected chi connectivity index (χ4v) is 3.17. The first kappa shape index (κ1) is 8.74. The minimum Gasteiger partial charge on any atom is -0.355 e. The summed E-state index contributed by atoms with van der Waals surface area (Å²) in [5, 5.41) is 0. The van der Waals surface area contributed by atoms with Crippen molar-refractivity contribution in [3.8, 4) is 0 Å². The molecule has 2 nitrogen and oxygen atoms in total. The zero-order valence-electron chi connectivity index (χ0n) is 8.99. The van der Waals surface area contributed by atoms with Gasteiger partial charge in [0, 0.05) is 19.0 Å². The van der Waals surface area contributed by atoms with Gasteiger partial charge in [0.1, 0.15) is 11.7 Å². The fourth-order valence-electron chi connectivity index (χ4n) is 3.17. The second kappa shape index (κ2) is 2.84. The van der Waals surface area contributed by atoms with Crippen LogP contribution in [-0.4, -0.2) is 17.3 Å². The van der Waals surface area contributed by atoms with Crippen molar-refractivity contribution in [2.24, 2.45) is 16.8 Å². The van der Waals surface area contributed by atoms with Crippen LogP contribution in [0.5, 0.6) is 0 Å². The third kappa shape index (κ3) is 1.09. The van der Waals surface area contributed by atoms with E-state index in [0.717, 1.165) is 30.3 Å². The number of aliphatic imine (C=N–C) groups is 1. The van der Waals surface area contributed by atoms with Crippen LogP contribution in [0.25, 0.3) is 0 Å². The van der Waals surface area contributed by atoms with Gasteiger partial charge in [-0.15, -0.1) is 0 Å². The maximum absolute atomic E-state index is 13.1. The summed E-state index contributed by atoms with van der Waals surface area (Å²) in [6, 6.07) is 4.96. The molecular formula is C13H13FN2. The number of benzene rings is 1. The molecule has 2 bridgehead atoms. The Morgan fingerprint density at radius 3 is 3.06 bits per heavy atom. The van der Waals surface area contributed by atoms with Crippen molar-refractivity contribution in [1.29, 1.82) is 0 Å². The average Bonchev–Trinajstić information content (AvgIpc) is 2.24. The van der Waals surface area contributed by atoms with E-state index < -0.39 is 0 Å². The molecule has 5 rings (SSSR count). The van der Waals surface area contributed by atoms with Crippen LogP contribution in [0.15, 0.2) is 23.2 Å². The molecule has 3 aliphatic heterocycles. The molecule has 0 spiro atoms. The third-order valence-corrected chi connectivity index (χ3v) is 4.05. The summed E-state index contributed by atoms with van der Waals surface area (Å²) in [6.07, 6.45) is 2.58. The topological polar surface area (TPSA) is 15.6 Å². The Labute approximate surface area is 93.8 Å². The SMILES string of the molecule is Fc1ccc2c(c1)N=C1C3CC(C3)CN1C2. The fraction of sp³-hybridized carbons (Fsp3) is 0.462. The van der Waals surface area contributed by atoms with Gasteiger partial charge in [0.15, 0.2) is 0 Å². The van der Waals surface area contributed by atoms with E-state index in [1.165, 1.54) is 24.7 Å². The molecule has 0 unspecified atom stereocenters. The Morgan fingerprint density at radius 1 is 1.31 bits per heavy atom. The van der Waals surface area contributed by atoms with Gasteiger partial charge in [0.2, 0.25) is 0 Å². The summed E-state index contributed by atoms with van der Waals surface area (Å²) in [7, 11) is 0. The standard InChI is InChI=1S/C13H13FN2/c14-11-2-1-9-7-16-6-8-3-10(4-8)13(16)15-12(9)5-11/h1-2,5,8,10H,3-4,6-7H2. The number of fused-ring (bicyclic) bond motifs is 1. The predicted octanol–water partition coefficient (Wildman–Crippen LogP) is 2.71. The average molecular weight is 216 g/mol. The maximum atomic E-state index is 13.1. The van der Waals surface area contributed by atoms with Gasteiger partial charge >= 0.3 is 0 Å². The van der Waals surface area contributed by atoms with Crippen molar-refractivity contribution in [2.75, 3.05) is 6.54 Å². The molecule has 1 aliphatic carbocycles. The molecule has 0 radical (unpaired) electrons. The molecule has 1 aromatic carbocycles. The molecule has 82 valence electrons. The van der Waals surface area contributed by atoms with E-state index in [-0.39, 0.29) is 5.82 Å². The van der Waals surface area contributed by atoms with Gasteiger partial charge < -0.3 is 4.90 Å². The summed E-state index contributed by atoms with van der Waals surface area (Å²) in [6.45, 7) is 2.06. The van der Waals surface area contributed by atoms with Gasteiger partial charge in [0.05, 0.1) is 5.69 Å². The van der Waals surface area contributed by atoms with E-state index in [0.29, 0.717) is 5.92 Å². The van der Waals surface area contributed by atoms with Crippen LogP contribution >= 0.6 is 0 Å². The molecule has 0 atom stereocenters. The van der Waals surface area contributed by atoms with Crippen LogP contribution in [0.3, 0.4) is 0 Å². The Balaban J connectivity index is 1.82. The first-order valence-electron chi connectivity index (χ1n) is 5.91. The van der Waals surface area contributed by atoms with Gasteiger partial charge in [-0.25, -0.2) is 9.38 Å². The second-order valence-electron chi connectivity index (χ2n) is 5.16. The summed E-state index contributed by atoms with van der Waals surface area (Å²) in [5.74, 6) is 2.56. The molecule has 1 aromatic rings. The van der Waals surface area contributed by atoms with E-state index in [2.05, 4.69) is 9.89 Å². The molecule has 0 aromatic heterocycles. The van der Waals surface area contributed by atoms with Crippen molar-refractivity contribution < 1.29 is 4.39 Å². The quantitative estimate of drug-likeness (QED) is 0.651. The summed E-state index contributed by atoms with van der Waals surface area (Å²) < 4.78 is 13.1. The zero-order chi connectivity index (χ0) is 10.7. The summed E-state index contributed by atoms with van der Waals surface area (Å²) in [5.41, 5.74) is 2.00. The molecule has 2 saturated heterocycles. The molecule has 3 heterocycles. The van der Waals surface area contributed by atoms with Gasteiger partial charge in [0.25, 0.3) is 0 Å². The largest absolute Gasteiger partial charge is 0.355 e. The highest BCUT2D eigenvalue weighted by Gasteiger charge is 2.43. The number of rotatable bonds is 0. The number of halogens is 1. The zero-order valence-corrected chi connectivity index (χ0v) is 8.99. The molecule has 4 aliphatic rings. The predicted molar refractivity (Wildman–Crippen MR) is 60.1 cm³/mol. The van der Waals surface area contributed by atoms with Crippen LogP contribution < -0.4 is 0 Å². The van der Waals surface area contributed by atoms with Gasteiger partial charge in [-0.3, -0.25) is 0 Å². The lowest BCUT2D eigenvalue weighted by atomic mass is 9.70. The Morgan fingerprint density at radius 2 is 2.19 bits per heavy atom. The van der Waals surface area contributed by atoms with Crippen molar-refractivity contribution in [3.63, 3.8) is 0 Å². The van der Waals surface area contributed by atoms with E-state index in [9.17, 15) is 4.39 Å². The first-order valence-corrected chi connectivity index (χ1v) is 5.91. The van der Waals surface area contributed by atoms with E-state index in [1.807, 2.05) is 6.07 Å². The monoisotopic (exact) mass is 216 g/mol. The van der Waals surface area contributed by atoms with Crippen LogP contribution in [0.1, 0.15) is 18.4 Å². The van der Waals surface area contributed by atoms with Crippen LogP contribution in [0.2, 0.25) is 0 Å². The number of piperidine rings is 2. The Bertz CT molecular complexity index is 489.